The van der Waals surface area contributed by atoms with Crippen molar-refractivity contribution in [2.75, 3.05) is 11.9 Å². The molecule has 2 heterocycles. The average molecular weight is 352 g/mol. The first-order valence-electron chi connectivity index (χ1n) is 7.34. The minimum Gasteiger partial charge on any atom is -0.490 e. The van der Waals surface area contributed by atoms with Crippen molar-refractivity contribution in [1.82, 2.24) is 10.3 Å². The highest BCUT2D eigenvalue weighted by molar-refractivity contribution is 6.30. The van der Waals surface area contributed by atoms with Crippen LogP contribution >= 0.6 is 11.6 Å². The number of anilines is 1. The van der Waals surface area contributed by atoms with Crippen LogP contribution in [0.15, 0.2) is 30.5 Å². The van der Waals surface area contributed by atoms with Gasteiger partial charge < -0.3 is 10.1 Å². The summed E-state index contributed by atoms with van der Waals surface area (Å²) in [4.78, 5) is 16.0. The number of urea groups is 1. The second-order valence-electron chi connectivity index (χ2n) is 5.76. The largest absolute Gasteiger partial charge is 0.490 e. The van der Waals surface area contributed by atoms with Gasteiger partial charge >= 0.3 is 6.03 Å². The Balaban J connectivity index is 1.47. The summed E-state index contributed by atoms with van der Waals surface area (Å²) in [6, 6.07) is 4.50. The number of pyridine rings is 1. The van der Waals surface area contributed by atoms with Crippen molar-refractivity contribution in [3.05, 3.63) is 52.7 Å². The topological polar surface area (TPSA) is 63.2 Å². The second kappa shape index (κ2) is 5.59. The lowest BCUT2D eigenvalue weighted by atomic mass is 10.0. The number of aromatic nitrogens is 1. The molecular formula is C16H12ClF2N3O2. The SMILES string of the molecule is O=C(Nc1ccc(Cl)cn1)N[C@H]1C2c3c(F)ccc(F)c3OC[C@H]21. The molecule has 1 aromatic heterocycles. The predicted molar refractivity (Wildman–Crippen MR) is 83.3 cm³/mol. The van der Waals surface area contributed by atoms with Crippen molar-refractivity contribution in [1.29, 1.82) is 0 Å². The second-order valence-corrected chi connectivity index (χ2v) is 6.19. The van der Waals surface area contributed by atoms with Crippen molar-refractivity contribution in [2.45, 2.75) is 12.0 Å². The van der Waals surface area contributed by atoms with Crippen LogP contribution in [0, 0.1) is 17.6 Å². The van der Waals surface area contributed by atoms with Crippen LogP contribution in [0.25, 0.3) is 0 Å². The molecule has 0 spiro atoms. The average Bonchev–Trinajstić information content (AvgIpc) is 3.26. The van der Waals surface area contributed by atoms with Crippen LogP contribution in [0.5, 0.6) is 5.75 Å². The van der Waals surface area contributed by atoms with Crippen LogP contribution < -0.4 is 15.4 Å². The van der Waals surface area contributed by atoms with Gasteiger partial charge in [-0.25, -0.2) is 18.6 Å². The maximum atomic E-state index is 14.0. The molecule has 2 aliphatic rings. The quantitative estimate of drug-likeness (QED) is 0.872. The van der Waals surface area contributed by atoms with E-state index in [-0.39, 0.29) is 35.8 Å². The Hall–Kier alpha value is -2.41. The van der Waals surface area contributed by atoms with E-state index in [0.717, 1.165) is 12.1 Å². The number of carbonyl (C=O) groups is 1. The van der Waals surface area contributed by atoms with Crippen LogP contribution in [-0.2, 0) is 0 Å². The highest BCUT2D eigenvalue weighted by Crippen LogP contribution is 2.55. The number of halogens is 3. The van der Waals surface area contributed by atoms with Gasteiger partial charge in [-0.3, -0.25) is 5.32 Å². The van der Waals surface area contributed by atoms with E-state index < -0.39 is 17.7 Å². The highest BCUT2D eigenvalue weighted by atomic mass is 35.5. The zero-order valence-corrected chi connectivity index (χ0v) is 13.0. The van der Waals surface area contributed by atoms with E-state index in [0.29, 0.717) is 10.8 Å². The fraction of sp³-hybridized carbons (Fsp3) is 0.250. The van der Waals surface area contributed by atoms with E-state index in [4.69, 9.17) is 16.3 Å². The number of hydrogen-bond acceptors (Lipinski definition) is 3. The number of carbonyl (C=O) groups excluding carboxylic acids is 1. The van der Waals surface area contributed by atoms with E-state index in [1.807, 2.05) is 0 Å². The number of fused-ring (bicyclic) bond motifs is 3. The number of ether oxygens (including phenoxy) is 1. The highest BCUT2D eigenvalue weighted by Gasteiger charge is 2.57. The third-order valence-electron chi connectivity index (χ3n) is 4.28. The number of amides is 2. The lowest BCUT2D eigenvalue weighted by Gasteiger charge is -2.16. The van der Waals surface area contributed by atoms with E-state index in [2.05, 4.69) is 15.6 Å². The molecule has 1 saturated carbocycles. The van der Waals surface area contributed by atoms with Crippen molar-refractivity contribution in [2.24, 2.45) is 5.92 Å². The number of benzene rings is 1. The van der Waals surface area contributed by atoms with Gasteiger partial charge in [0, 0.05) is 29.6 Å². The van der Waals surface area contributed by atoms with Gasteiger partial charge in [0.25, 0.3) is 0 Å². The summed E-state index contributed by atoms with van der Waals surface area (Å²) in [7, 11) is 0. The molecule has 8 heteroatoms. The molecule has 2 aromatic rings. The summed E-state index contributed by atoms with van der Waals surface area (Å²) in [6.07, 6.45) is 1.41. The molecular weight excluding hydrogens is 340 g/mol. The van der Waals surface area contributed by atoms with Crippen LogP contribution in [-0.4, -0.2) is 23.7 Å². The van der Waals surface area contributed by atoms with Crippen molar-refractivity contribution in [3.63, 3.8) is 0 Å². The van der Waals surface area contributed by atoms with Crippen LogP contribution in [0.2, 0.25) is 5.02 Å². The Morgan fingerprint density at radius 2 is 2.04 bits per heavy atom. The monoisotopic (exact) mass is 351 g/mol. The van der Waals surface area contributed by atoms with Crippen LogP contribution in [0.3, 0.4) is 0 Å². The summed E-state index contributed by atoms with van der Waals surface area (Å²) in [5.74, 6) is -1.18. The lowest BCUT2D eigenvalue weighted by Crippen LogP contribution is -2.32. The summed E-state index contributed by atoms with van der Waals surface area (Å²) in [5.41, 5.74) is 0.196. The summed E-state index contributed by atoms with van der Waals surface area (Å²) in [5, 5.41) is 5.78. The van der Waals surface area contributed by atoms with Crippen molar-refractivity contribution in [3.8, 4) is 5.75 Å². The van der Waals surface area contributed by atoms with Gasteiger partial charge in [-0.2, -0.15) is 0 Å². The first-order chi connectivity index (χ1) is 11.5. The zero-order chi connectivity index (χ0) is 16.8. The molecule has 1 aliphatic carbocycles. The number of hydrogen-bond donors (Lipinski definition) is 2. The molecule has 4 rings (SSSR count). The fourth-order valence-corrected chi connectivity index (χ4v) is 3.22. The van der Waals surface area contributed by atoms with Crippen molar-refractivity contribution < 1.29 is 18.3 Å². The van der Waals surface area contributed by atoms with Gasteiger partial charge in [0.1, 0.15) is 11.6 Å². The Morgan fingerprint density at radius 3 is 2.79 bits per heavy atom. The third kappa shape index (κ3) is 2.54. The minimum atomic E-state index is -0.592. The smallest absolute Gasteiger partial charge is 0.320 e. The van der Waals surface area contributed by atoms with Gasteiger partial charge in [-0.05, 0) is 24.3 Å². The van der Waals surface area contributed by atoms with E-state index in [1.165, 1.54) is 6.20 Å². The Morgan fingerprint density at radius 1 is 1.25 bits per heavy atom. The van der Waals surface area contributed by atoms with Gasteiger partial charge in [-0.15, -0.1) is 0 Å². The lowest BCUT2D eigenvalue weighted by molar-refractivity contribution is 0.247. The van der Waals surface area contributed by atoms with Gasteiger partial charge in [0.15, 0.2) is 11.6 Å². The molecule has 0 saturated heterocycles. The zero-order valence-electron chi connectivity index (χ0n) is 12.2. The van der Waals surface area contributed by atoms with Crippen molar-refractivity contribution >= 4 is 23.4 Å². The maximum absolute atomic E-state index is 14.0. The fourth-order valence-electron chi connectivity index (χ4n) is 3.11. The van der Waals surface area contributed by atoms with E-state index in [9.17, 15) is 13.6 Å². The number of rotatable bonds is 2. The summed E-state index contributed by atoms with van der Waals surface area (Å²) in [6.45, 7) is 0.238. The summed E-state index contributed by atoms with van der Waals surface area (Å²) >= 11 is 5.73. The molecule has 2 N–H and O–H groups in total. The molecule has 1 unspecified atom stereocenters. The van der Waals surface area contributed by atoms with Gasteiger partial charge in [-0.1, -0.05) is 11.6 Å². The number of nitrogens with zero attached hydrogens (tertiary/aromatic N) is 1. The molecule has 0 radical (unpaired) electrons. The van der Waals surface area contributed by atoms with Gasteiger partial charge in [0.2, 0.25) is 0 Å². The van der Waals surface area contributed by atoms with Crippen LogP contribution in [0.4, 0.5) is 19.4 Å². The Labute approximate surface area is 141 Å². The standard InChI is InChI=1S/C16H12ClF2N3O2/c17-7-1-4-11(20-5-7)21-16(23)22-14-8-6-24-15-10(19)3-2-9(18)13(15)12(8)14/h1-5,8,12,14H,6H2,(H2,20,21,22,23)/t8-,12?,14-/m1/s1. The number of nitrogens with one attached hydrogen (secondary N) is 2. The minimum absolute atomic E-state index is 0.0553. The first-order valence-corrected chi connectivity index (χ1v) is 7.72. The maximum Gasteiger partial charge on any atom is 0.320 e. The Bertz CT molecular complexity index is 816. The first kappa shape index (κ1) is 15.1. The molecule has 24 heavy (non-hydrogen) atoms. The molecule has 124 valence electrons. The Kier molecular flexibility index (Phi) is 3.53. The molecule has 1 aromatic carbocycles. The van der Waals surface area contributed by atoms with Crippen LogP contribution in [0.1, 0.15) is 11.5 Å². The molecule has 5 nitrogen and oxygen atoms in total. The van der Waals surface area contributed by atoms with Gasteiger partial charge in [0.05, 0.1) is 11.6 Å². The van der Waals surface area contributed by atoms with E-state index in [1.54, 1.807) is 12.1 Å². The molecule has 0 bridgehead atoms. The third-order valence-corrected chi connectivity index (χ3v) is 4.51. The molecule has 1 fully saturated rings. The van der Waals surface area contributed by atoms with E-state index >= 15 is 0 Å². The predicted octanol–water partition coefficient (Wildman–Crippen LogP) is 3.31. The molecule has 2 amide bonds. The normalized spacial score (nSPS) is 23.5. The molecule has 1 aliphatic heterocycles. The summed E-state index contributed by atoms with van der Waals surface area (Å²) < 4.78 is 33.1. The molecule has 3 atom stereocenters.